The molecule has 0 aromatic heterocycles. The summed E-state index contributed by atoms with van der Waals surface area (Å²) in [6, 6.07) is 7.37. The molecule has 0 amide bonds. The summed E-state index contributed by atoms with van der Waals surface area (Å²) < 4.78 is 12.9. The van der Waals surface area contributed by atoms with Crippen molar-refractivity contribution < 1.29 is 14.3 Å². The van der Waals surface area contributed by atoms with E-state index in [0.717, 1.165) is 24.8 Å². The van der Waals surface area contributed by atoms with Gasteiger partial charge in [-0.15, -0.1) is 0 Å². The topological polar surface area (TPSA) is 40.5 Å². The van der Waals surface area contributed by atoms with Crippen molar-refractivity contribution in [1.29, 1.82) is 0 Å². The minimum Gasteiger partial charge on any atom is -0.481 e. The average Bonchev–Trinajstić information content (AvgIpc) is 3.16. The second-order valence-electron chi connectivity index (χ2n) is 5.29. The van der Waals surface area contributed by atoms with Crippen molar-refractivity contribution in [3.63, 3.8) is 0 Å². The molecule has 1 unspecified atom stereocenters. The number of aliphatic carboxylic acids is 1. The fraction of sp³-hybridized carbons (Fsp3) is 0.533. The molecule has 0 heterocycles. The number of carboxylic acid groups (broad SMARTS) is 1. The van der Waals surface area contributed by atoms with E-state index >= 15 is 0 Å². The number of nitrogens with zero attached hydrogens (tertiary/aromatic N) is 1. The zero-order valence-corrected chi connectivity index (χ0v) is 11.2. The van der Waals surface area contributed by atoms with Crippen LogP contribution in [0.5, 0.6) is 0 Å². The standard InChI is InChI=1S/C15H20FNO2/c1-11(10-12-2-4-13(16)5-3-12)17(14-6-7-14)9-8-15(18)19/h2-5,11,14H,6-10H2,1H3,(H,18,19). The highest BCUT2D eigenvalue weighted by Crippen LogP contribution is 2.29. The van der Waals surface area contributed by atoms with Crippen LogP contribution in [0.3, 0.4) is 0 Å². The average molecular weight is 265 g/mol. The van der Waals surface area contributed by atoms with E-state index < -0.39 is 5.97 Å². The maximum Gasteiger partial charge on any atom is 0.304 e. The minimum atomic E-state index is -0.750. The van der Waals surface area contributed by atoms with Crippen LogP contribution in [0.2, 0.25) is 0 Å². The number of benzene rings is 1. The van der Waals surface area contributed by atoms with Gasteiger partial charge in [-0.3, -0.25) is 9.69 Å². The molecule has 1 atom stereocenters. The predicted molar refractivity (Wildman–Crippen MR) is 71.5 cm³/mol. The zero-order valence-electron chi connectivity index (χ0n) is 11.2. The number of carbonyl (C=O) groups is 1. The van der Waals surface area contributed by atoms with Crippen molar-refractivity contribution in [2.75, 3.05) is 6.54 Å². The largest absolute Gasteiger partial charge is 0.481 e. The van der Waals surface area contributed by atoms with E-state index in [1.54, 1.807) is 12.1 Å². The maximum atomic E-state index is 12.9. The Bertz CT molecular complexity index is 428. The van der Waals surface area contributed by atoms with Crippen LogP contribution >= 0.6 is 0 Å². The van der Waals surface area contributed by atoms with Gasteiger partial charge in [-0.2, -0.15) is 0 Å². The molecule has 104 valence electrons. The predicted octanol–water partition coefficient (Wildman–Crippen LogP) is 2.70. The first-order chi connectivity index (χ1) is 9.06. The van der Waals surface area contributed by atoms with Gasteiger partial charge >= 0.3 is 5.97 Å². The Balaban J connectivity index is 1.93. The first kappa shape index (κ1) is 14.0. The summed E-state index contributed by atoms with van der Waals surface area (Å²) in [5.41, 5.74) is 1.09. The first-order valence-corrected chi connectivity index (χ1v) is 6.78. The first-order valence-electron chi connectivity index (χ1n) is 6.78. The van der Waals surface area contributed by atoms with E-state index in [1.165, 1.54) is 12.1 Å². The molecule has 0 spiro atoms. The molecule has 1 N–H and O–H groups in total. The molecule has 0 bridgehead atoms. The fourth-order valence-corrected chi connectivity index (χ4v) is 2.47. The summed E-state index contributed by atoms with van der Waals surface area (Å²) in [6.07, 6.45) is 3.33. The molecule has 0 aliphatic heterocycles. The summed E-state index contributed by atoms with van der Waals surface area (Å²) in [4.78, 5) is 13.0. The third kappa shape index (κ3) is 4.31. The van der Waals surface area contributed by atoms with Gasteiger partial charge in [0.05, 0.1) is 6.42 Å². The lowest BCUT2D eigenvalue weighted by atomic mass is 10.1. The van der Waals surface area contributed by atoms with Crippen LogP contribution in [0.4, 0.5) is 4.39 Å². The number of halogens is 1. The second kappa shape index (κ2) is 6.15. The van der Waals surface area contributed by atoms with Crippen molar-refractivity contribution in [1.82, 2.24) is 4.90 Å². The van der Waals surface area contributed by atoms with Crippen molar-refractivity contribution in [2.24, 2.45) is 0 Å². The van der Waals surface area contributed by atoms with E-state index in [1.807, 2.05) is 0 Å². The number of hydrogen-bond donors (Lipinski definition) is 1. The Morgan fingerprint density at radius 3 is 2.58 bits per heavy atom. The highest BCUT2D eigenvalue weighted by molar-refractivity contribution is 5.66. The van der Waals surface area contributed by atoms with Crippen molar-refractivity contribution in [3.05, 3.63) is 35.6 Å². The molecule has 2 rings (SSSR count). The SMILES string of the molecule is CC(Cc1ccc(F)cc1)N(CCC(=O)O)C1CC1. The van der Waals surface area contributed by atoms with Crippen LogP contribution in [0.25, 0.3) is 0 Å². The summed E-state index contributed by atoms with van der Waals surface area (Å²) in [5.74, 6) is -0.971. The molecule has 1 saturated carbocycles. The smallest absolute Gasteiger partial charge is 0.304 e. The molecular formula is C15H20FNO2. The Morgan fingerprint density at radius 2 is 2.05 bits per heavy atom. The molecule has 1 aliphatic rings. The lowest BCUT2D eigenvalue weighted by molar-refractivity contribution is -0.137. The van der Waals surface area contributed by atoms with E-state index in [9.17, 15) is 9.18 Å². The number of carboxylic acids is 1. The summed E-state index contributed by atoms with van der Waals surface area (Å²) in [6.45, 7) is 2.71. The molecule has 0 saturated heterocycles. The zero-order chi connectivity index (χ0) is 13.8. The van der Waals surface area contributed by atoms with Gasteiger partial charge in [-0.1, -0.05) is 12.1 Å². The molecule has 1 aliphatic carbocycles. The van der Waals surface area contributed by atoms with Crippen molar-refractivity contribution in [2.45, 2.75) is 44.7 Å². The normalized spacial score (nSPS) is 16.6. The van der Waals surface area contributed by atoms with E-state index in [-0.39, 0.29) is 18.3 Å². The Labute approximate surface area is 113 Å². The Hall–Kier alpha value is -1.42. The van der Waals surface area contributed by atoms with Gasteiger partial charge in [0, 0.05) is 18.6 Å². The molecular weight excluding hydrogens is 245 g/mol. The molecule has 0 radical (unpaired) electrons. The van der Waals surface area contributed by atoms with E-state index in [0.29, 0.717) is 12.6 Å². The second-order valence-corrected chi connectivity index (χ2v) is 5.29. The van der Waals surface area contributed by atoms with Gasteiger partial charge in [0.2, 0.25) is 0 Å². The van der Waals surface area contributed by atoms with Gasteiger partial charge in [-0.25, -0.2) is 4.39 Å². The fourth-order valence-electron chi connectivity index (χ4n) is 2.47. The highest BCUT2D eigenvalue weighted by atomic mass is 19.1. The molecule has 1 fully saturated rings. The van der Waals surface area contributed by atoms with Crippen LogP contribution in [0.15, 0.2) is 24.3 Å². The van der Waals surface area contributed by atoms with Gasteiger partial charge < -0.3 is 5.11 Å². The lowest BCUT2D eigenvalue weighted by Gasteiger charge is -2.28. The summed E-state index contributed by atoms with van der Waals surface area (Å²) in [7, 11) is 0. The van der Waals surface area contributed by atoms with Crippen LogP contribution < -0.4 is 0 Å². The minimum absolute atomic E-state index is 0.185. The number of rotatable bonds is 7. The monoisotopic (exact) mass is 265 g/mol. The van der Waals surface area contributed by atoms with Gasteiger partial charge in [-0.05, 0) is 43.9 Å². The summed E-state index contributed by atoms with van der Waals surface area (Å²) >= 11 is 0. The van der Waals surface area contributed by atoms with Crippen molar-refractivity contribution in [3.8, 4) is 0 Å². The van der Waals surface area contributed by atoms with Gasteiger partial charge in [0.1, 0.15) is 5.82 Å². The number of hydrogen-bond acceptors (Lipinski definition) is 2. The van der Waals surface area contributed by atoms with Gasteiger partial charge in [0.25, 0.3) is 0 Å². The maximum absolute atomic E-state index is 12.9. The van der Waals surface area contributed by atoms with Crippen molar-refractivity contribution >= 4 is 5.97 Å². The molecule has 1 aromatic rings. The summed E-state index contributed by atoms with van der Waals surface area (Å²) in [5, 5.41) is 8.80. The Morgan fingerprint density at radius 1 is 1.42 bits per heavy atom. The van der Waals surface area contributed by atoms with Crippen LogP contribution in [0.1, 0.15) is 31.7 Å². The van der Waals surface area contributed by atoms with Crippen LogP contribution in [-0.2, 0) is 11.2 Å². The van der Waals surface area contributed by atoms with Crippen LogP contribution in [0, 0.1) is 5.82 Å². The quantitative estimate of drug-likeness (QED) is 0.824. The molecule has 19 heavy (non-hydrogen) atoms. The molecule has 3 nitrogen and oxygen atoms in total. The molecule has 1 aromatic carbocycles. The third-order valence-corrected chi connectivity index (χ3v) is 3.61. The van der Waals surface area contributed by atoms with Crippen LogP contribution in [-0.4, -0.2) is 34.6 Å². The lowest BCUT2D eigenvalue weighted by Crippen LogP contribution is -2.38. The van der Waals surface area contributed by atoms with Gasteiger partial charge in [0.15, 0.2) is 0 Å². The Kier molecular flexibility index (Phi) is 4.53. The van der Waals surface area contributed by atoms with E-state index in [2.05, 4.69) is 11.8 Å². The molecule has 4 heteroatoms. The highest BCUT2D eigenvalue weighted by Gasteiger charge is 2.32. The third-order valence-electron chi connectivity index (χ3n) is 3.61. The van der Waals surface area contributed by atoms with E-state index in [4.69, 9.17) is 5.11 Å².